The van der Waals surface area contributed by atoms with Crippen molar-refractivity contribution in [3.05, 3.63) is 59.2 Å². The molecule has 2 aromatic carbocycles. The van der Waals surface area contributed by atoms with Crippen molar-refractivity contribution >= 4 is 51.3 Å². The highest BCUT2D eigenvalue weighted by Gasteiger charge is 2.25. The Morgan fingerprint density at radius 3 is 1.56 bits per heavy atom. The van der Waals surface area contributed by atoms with Crippen LogP contribution in [0.1, 0.15) is 87.0 Å². The van der Waals surface area contributed by atoms with Crippen molar-refractivity contribution in [2.45, 2.75) is 92.4 Å². The molecule has 3 saturated heterocycles. The monoisotopic (exact) mass is 784 g/mol. The second kappa shape index (κ2) is 21.0. The van der Waals surface area contributed by atoms with E-state index in [4.69, 9.17) is 15.1 Å². The molecule has 0 spiro atoms. The lowest BCUT2D eigenvalue weighted by molar-refractivity contribution is -0.144. The smallest absolute Gasteiger partial charge is 0.306 e. The number of benzene rings is 2. The molecule has 3 fully saturated rings. The first-order valence-electron chi connectivity index (χ1n) is 20.4. The number of piperidine rings is 3. The molecular weight excluding hydrogens is 725 g/mol. The normalized spacial score (nSPS) is 16.7. The Bertz CT molecular complexity index is 1970. The number of nitrogens with zero attached hydrogens (tertiary/aromatic N) is 6. The Labute approximate surface area is 335 Å². The van der Waals surface area contributed by atoms with Gasteiger partial charge in [-0.25, -0.2) is 25.4 Å². The average molecular weight is 785 g/mol. The number of aliphatic carboxylic acids is 1. The number of fused-ring (bicyclic) bond motifs is 2. The van der Waals surface area contributed by atoms with Gasteiger partial charge in [-0.05, 0) is 151 Å². The van der Waals surface area contributed by atoms with Gasteiger partial charge in [0.05, 0.1) is 17.6 Å². The number of carboxylic acids is 1. The number of rotatable bonds is 9. The zero-order valence-corrected chi connectivity index (χ0v) is 34.2. The molecule has 14 nitrogen and oxygen atoms in total. The van der Waals surface area contributed by atoms with Crippen LogP contribution in [0.5, 0.6) is 0 Å². The van der Waals surface area contributed by atoms with Crippen molar-refractivity contribution < 1.29 is 29.4 Å². The van der Waals surface area contributed by atoms with Gasteiger partial charge in [0, 0.05) is 56.2 Å². The zero-order valence-electron chi connectivity index (χ0n) is 34.2. The summed E-state index contributed by atoms with van der Waals surface area (Å²) in [6.45, 7) is 16.3. The third-order valence-electron chi connectivity index (χ3n) is 11.6. The minimum absolute atomic E-state index is 0.0376. The summed E-state index contributed by atoms with van der Waals surface area (Å²) in [5, 5.41) is 23.0. The van der Waals surface area contributed by atoms with Crippen LogP contribution >= 0.6 is 0 Å². The standard InChI is InChI=1S/C17H22N4O2.C17H21N3O2.C9H17NO2/c1-11-7-14-15(8-12(11)2)18-10-19-17(14)21-5-3-13(4-6-21)9-16(22)20-23;1-11-7-14-15(8-12(11)2)18-10-19-17(14)20-5-3-13(4-6-20)9-16(21)22;1-2-12-9(11)7-8-3-5-10-6-4-8/h7-8,10,13,23H,3-6,9H2,1-2H3,(H,20,22);7-8,10,13H,3-6,9H2,1-2H3,(H,21,22);8,10H,2-7H2,1H3. The Morgan fingerprint density at radius 2 is 1.12 bits per heavy atom. The number of hydrogen-bond donors (Lipinski definition) is 4. The molecule has 7 rings (SSSR count). The Hall–Kier alpha value is -4.95. The van der Waals surface area contributed by atoms with E-state index >= 15 is 0 Å². The Kier molecular flexibility index (Phi) is 15.9. The van der Waals surface area contributed by atoms with E-state index in [1.165, 1.54) is 22.3 Å². The molecule has 0 bridgehead atoms. The van der Waals surface area contributed by atoms with Gasteiger partial charge >= 0.3 is 11.9 Å². The number of carbonyl (C=O) groups excluding carboxylic acids is 2. The summed E-state index contributed by atoms with van der Waals surface area (Å²) in [5.74, 6) is 2.06. The van der Waals surface area contributed by atoms with E-state index in [9.17, 15) is 14.4 Å². The van der Waals surface area contributed by atoms with Gasteiger partial charge in [-0.3, -0.25) is 19.6 Å². The van der Waals surface area contributed by atoms with Crippen LogP contribution in [0.3, 0.4) is 0 Å². The molecule has 14 heteroatoms. The first-order valence-corrected chi connectivity index (χ1v) is 20.4. The number of nitrogens with one attached hydrogen (secondary N) is 2. The second-order valence-corrected chi connectivity index (χ2v) is 15.7. The van der Waals surface area contributed by atoms with Crippen molar-refractivity contribution in [2.75, 3.05) is 55.7 Å². The largest absolute Gasteiger partial charge is 0.481 e. The third kappa shape index (κ3) is 12.3. The van der Waals surface area contributed by atoms with Gasteiger partial charge < -0.3 is 25.0 Å². The molecule has 308 valence electrons. The van der Waals surface area contributed by atoms with Crippen molar-refractivity contribution in [1.29, 1.82) is 0 Å². The summed E-state index contributed by atoms with van der Waals surface area (Å²) < 4.78 is 4.89. The van der Waals surface area contributed by atoms with E-state index in [0.29, 0.717) is 31.3 Å². The lowest BCUT2D eigenvalue weighted by atomic mass is 9.93. The minimum atomic E-state index is -0.697. The van der Waals surface area contributed by atoms with Crippen LogP contribution < -0.4 is 20.6 Å². The van der Waals surface area contributed by atoms with Crippen LogP contribution in [-0.4, -0.2) is 94.0 Å². The van der Waals surface area contributed by atoms with Gasteiger partial charge in [0.2, 0.25) is 5.91 Å². The summed E-state index contributed by atoms with van der Waals surface area (Å²) in [7, 11) is 0. The molecule has 0 saturated carbocycles. The maximum atomic E-state index is 11.3. The van der Waals surface area contributed by atoms with Gasteiger partial charge in [-0.2, -0.15) is 0 Å². The van der Waals surface area contributed by atoms with Gasteiger partial charge in [-0.1, -0.05) is 0 Å². The quantitative estimate of drug-likeness (QED) is 0.0852. The minimum Gasteiger partial charge on any atom is -0.481 e. The van der Waals surface area contributed by atoms with Crippen LogP contribution in [-0.2, 0) is 19.1 Å². The molecule has 0 radical (unpaired) electrons. The van der Waals surface area contributed by atoms with Crippen LogP contribution in [0.2, 0.25) is 0 Å². The molecule has 0 aliphatic carbocycles. The molecule has 3 aliphatic heterocycles. The number of aromatic nitrogens is 4. The van der Waals surface area contributed by atoms with Crippen molar-refractivity contribution in [1.82, 2.24) is 30.7 Å². The third-order valence-corrected chi connectivity index (χ3v) is 11.6. The highest BCUT2D eigenvalue weighted by Crippen LogP contribution is 2.31. The number of carboxylic acid groups (broad SMARTS) is 1. The topological polar surface area (TPSA) is 183 Å². The summed E-state index contributed by atoms with van der Waals surface area (Å²) in [6.07, 6.45) is 10.4. The van der Waals surface area contributed by atoms with Gasteiger partial charge in [0.1, 0.15) is 24.3 Å². The predicted octanol–water partition coefficient (Wildman–Crippen LogP) is 6.24. The lowest BCUT2D eigenvalue weighted by Crippen LogP contribution is -2.36. The first-order chi connectivity index (χ1) is 27.4. The molecule has 4 aromatic rings. The van der Waals surface area contributed by atoms with Gasteiger partial charge in [0.15, 0.2) is 0 Å². The van der Waals surface area contributed by atoms with E-state index in [1.54, 1.807) is 18.1 Å². The van der Waals surface area contributed by atoms with E-state index in [-0.39, 0.29) is 24.2 Å². The molecule has 5 heterocycles. The zero-order chi connectivity index (χ0) is 40.9. The summed E-state index contributed by atoms with van der Waals surface area (Å²) >= 11 is 0. The number of esters is 1. The van der Waals surface area contributed by atoms with E-state index in [0.717, 1.165) is 111 Å². The molecule has 0 atom stereocenters. The second-order valence-electron chi connectivity index (χ2n) is 15.7. The fraction of sp³-hybridized carbons (Fsp3) is 0.558. The lowest BCUT2D eigenvalue weighted by Gasteiger charge is -2.33. The Balaban J connectivity index is 0.000000172. The van der Waals surface area contributed by atoms with Crippen LogP contribution in [0.25, 0.3) is 21.8 Å². The van der Waals surface area contributed by atoms with E-state index in [1.807, 2.05) is 6.92 Å². The van der Waals surface area contributed by atoms with Crippen LogP contribution in [0, 0.1) is 45.4 Å². The summed E-state index contributed by atoms with van der Waals surface area (Å²) in [4.78, 5) is 55.5. The number of carbonyl (C=O) groups is 3. The first kappa shape index (κ1) is 43.2. The molecule has 3 aliphatic rings. The number of aryl methyl sites for hydroxylation is 4. The molecule has 0 unspecified atom stereocenters. The van der Waals surface area contributed by atoms with E-state index in [2.05, 4.69) is 87.0 Å². The molecule has 2 aromatic heterocycles. The average Bonchev–Trinajstić information content (AvgIpc) is 3.20. The van der Waals surface area contributed by atoms with Crippen molar-refractivity contribution in [2.24, 2.45) is 17.8 Å². The van der Waals surface area contributed by atoms with Crippen LogP contribution in [0.4, 0.5) is 11.6 Å². The number of hydrogen-bond acceptors (Lipinski definition) is 12. The Morgan fingerprint density at radius 1 is 0.684 bits per heavy atom. The maximum Gasteiger partial charge on any atom is 0.306 e. The van der Waals surface area contributed by atoms with Crippen LogP contribution in [0.15, 0.2) is 36.9 Å². The number of ether oxygens (including phenoxy) is 1. The molecule has 4 N–H and O–H groups in total. The predicted molar refractivity (Wildman–Crippen MR) is 222 cm³/mol. The fourth-order valence-electron chi connectivity index (χ4n) is 7.90. The van der Waals surface area contributed by atoms with Gasteiger partial charge in [0.25, 0.3) is 0 Å². The van der Waals surface area contributed by atoms with E-state index < -0.39 is 5.97 Å². The summed E-state index contributed by atoms with van der Waals surface area (Å²) in [6, 6.07) is 8.52. The molecule has 1 amide bonds. The van der Waals surface area contributed by atoms with Gasteiger partial charge in [-0.15, -0.1) is 0 Å². The number of hydroxylamine groups is 1. The highest BCUT2D eigenvalue weighted by molar-refractivity contribution is 5.91. The summed E-state index contributed by atoms with van der Waals surface area (Å²) in [5.41, 5.74) is 8.61. The fourth-order valence-corrected chi connectivity index (χ4v) is 7.90. The number of amides is 1. The SMILES string of the molecule is CCOC(=O)CC1CCNCC1.Cc1cc2ncnc(N3CCC(CC(=O)NO)CC3)c2cc1C.Cc1cc2ncnc(N3CCC(CC(=O)O)CC3)c2cc1C. The molecular formula is C43H60N8O6. The van der Waals surface area contributed by atoms with Crippen molar-refractivity contribution in [3.63, 3.8) is 0 Å². The number of anilines is 2. The molecule has 57 heavy (non-hydrogen) atoms. The van der Waals surface area contributed by atoms with Crippen molar-refractivity contribution in [3.8, 4) is 0 Å². The highest BCUT2D eigenvalue weighted by atomic mass is 16.5. The maximum absolute atomic E-state index is 11.3.